The molecule has 44 heavy (non-hydrogen) atoms. The Bertz CT molecular complexity index is 1570. The lowest BCUT2D eigenvalue weighted by Crippen LogP contribution is -2.45. The number of hydrogen-bond donors (Lipinski definition) is 4. The molecule has 228 valence electrons. The van der Waals surface area contributed by atoms with Crippen LogP contribution in [0.4, 0.5) is 22.2 Å². The second-order valence-electron chi connectivity index (χ2n) is 11.0. The van der Waals surface area contributed by atoms with Gasteiger partial charge in [0.25, 0.3) is 0 Å². The molecule has 6 rings (SSSR count). The number of nitrogens with zero attached hydrogens (tertiary/aromatic N) is 5. The molecule has 12 nitrogen and oxygen atoms in total. The zero-order valence-corrected chi connectivity index (χ0v) is 24.4. The van der Waals surface area contributed by atoms with Crippen molar-refractivity contribution in [2.24, 2.45) is 0 Å². The lowest BCUT2D eigenvalue weighted by Gasteiger charge is -2.34. The van der Waals surface area contributed by atoms with Crippen LogP contribution in [0.3, 0.4) is 0 Å². The van der Waals surface area contributed by atoms with Crippen molar-refractivity contribution in [2.45, 2.75) is 44.2 Å². The summed E-state index contributed by atoms with van der Waals surface area (Å²) in [7, 11) is 0. The van der Waals surface area contributed by atoms with Crippen LogP contribution < -0.4 is 20.9 Å². The summed E-state index contributed by atoms with van der Waals surface area (Å²) in [6, 6.07) is 16.1. The van der Waals surface area contributed by atoms with Crippen LogP contribution in [0.15, 0.2) is 73.3 Å². The number of carbonyl (C=O) groups excluding carboxylic acids is 1. The first-order valence-electron chi connectivity index (χ1n) is 15.0. The maximum Gasteiger partial charge on any atom is 0.408 e. The van der Waals surface area contributed by atoms with E-state index in [0.717, 1.165) is 68.2 Å². The van der Waals surface area contributed by atoms with Gasteiger partial charge in [-0.2, -0.15) is 0 Å². The molecule has 2 aliphatic rings. The Morgan fingerprint density at radius 1 is 1.05 bits per heavy atom. The molecule has 12 heteroatoms. The molecule has 1 fully saturated rings. The number of ether oxygens (including phenoxy) is 1. The lowest BCUT2D eigenvalue weighted by molar-refractivity contribution is -0.139. The SMILES string of the molecule is O=C(NC(CNc1ncnc(N2CCC(c3ccc4c(n3)NCCC4)CC2)c1-n1cccc1)C(=O)O)OCc1ccccc1. The average Bonchev–Trinajstić information content (AvgIpc) is 3.60. The first-order valence-corrected chi connectivity index (χ1v) is 15.0. The minimum atomic E-state index is -1.25. The third-order valence-corrected chi connectivity index (χ3v) is 8.07. The van der Waals surface area contributed by atoms with Gasteiger partial charge in [0.2, 0.25) is 0 Å². The molecule has 1 unspecified atom stereocenters. The number of rotatable bonds is 10. The summed E-state index contributed by atoms with van der Waals surface area (Å²) in [6.07, 6.45) is 8.53. The number of amides is 1. The molecular formula is C32H36N8O4. The van der Waals surface area contributed by atoms with Crippen molar-refractivity contribution in [3.8, 4) is 5.69 Å². The van der Waals surface area contributed by atoms with Crippen LogP contribution in [-0.4, -0.2) is 68.9 Å². The quantitative estimate of drug-likeness (QED) is 0.210. The summed E-state index contributed by atoms with van der Waals surface area (Å²) in [5.74, 6) is 1.40. The Hall–Kier alpha value is -5.13. The zero-order chi connectivity index (χ0) is 30.3. The second-order valence-corrected chi connectivity index (χ2v) is 11.0. The van der Waals surface area contributed by atoms with E-state index in [9.17, 15) is 14.7 Å². The molecule has 1 aromatic carbocycles. The van der Waals surface area contributed by atoms with Gasteiger partial charge < -0.3 is 35.3 Å². The highest BCUT2D eigenvalue weighted by atomic mass is 16.5. The molecule has 0 bridgehead atoms. The van der Waals surface area contributed by atoms with Crippen molar-refractivity contribution in [3.05, 3.63) is 90.1 Å². The van der Waals surface area contributed by atoms with Crippen LogP contribution >= 0.6 is 0 Å². The van der Waals surface area contributed by atoms with E-state index in [4.69, 9.17) is 9.72 Å². The van der Waals surface area contributed by atoms with Crippen molar-refractivity contribution in [1.82, 2.24) is 24.8 Å². The predicted octanol–water partition coefficient (Wildman–Crippen LogP) is 4.20. The Labute approximate surface area is 255 Å². The molecule has 5 heterocycles. The number of carboxylic acid groups (broad SMARTS) is 1. The molecular weight excluding hydrogens is 560 g/mol. The summed E-state index contributed by atoms with van der Waals surface area (Å²) >= 11 is 0. The standard InChI is InChI=1S/C32H36N8O4/c41-31(42)26(38-32(43)44-20-22-7-2-1-3-8-22)19-34-29-27(39-15-4-5-16-39)30(36-21-35-29)40-17-12-23(13-18-40)25-11-10-24-9-6-14-33-28(24)37-25/h1-5,7-8,10-11,15-16,21,23,26H,6,9,12-14,17-20H2,(H,33,37)(H,38,43)(H,41,42)(H,34,35,36). The molecule has 4 N–H and O–H groups in total. The van der Waals surface area contributed by atoms with Gasteiger partial charge in [-0.1, -0.05) is 36.4 Å². The van der Waals surface area contributed by atoms with Crippen LogP contribution in [0.5, 0.6) is 0 Å². The molecule has 0 aliphatic carbocycles. The highest BCUT2D eigenvalue weighted by Gasteiger charge is 2.28. The number of benzene rings is 1. The second kappa shape index (κ2) is 13.4. The van der Waals surface area contributed by atoms with Gasteiger partial charge in [-0.05, 0) is 55.0 Å². The molecule has 0 spiro atoms. The van der Waals surface area contributed by atoms with Crippen molar-refractivity contribution in [3.63, 3.8) is 0 Å². The highest BCUT2D eigenvalue weighted by molar-refractivity contribution is 5.81. The number of alkyl carbamates (subject to hydrolysis) is 1. The number of carboxylic acids is 1. The van der Waals surface area contributed by atoms with E-state index >= 15 is 0 Å². The van der Waals surface area contributed by atoms with Crippen molar-refractivity contribution in [1.29, 1.82) is 0 Å². The van der Waals surface area contributed by atoms with E-state index in [-0.39, 0.29) is 13.2 Å². The fourth-order valence-corrected chi connectivity index (χ4v) is 5.72. The fraction of sp³-hybridized carbons (Fsp3) is 0.344. The number of pyridine rings is 1. The molecule has 0 radical (unpaired) electrons. The van der Waals surface area contributed by atoms with E-state index in [1.165, 1.54) is 11.9 Å². The highest BCUT2D eigenvalue weighted by Crippen LogP contribution is 2.34. The van der Waals surface area contributed by atoms with E-state index in [1.807, 2.05) is 59.4 Å². The third-order valence-electron chi connectivity index (χ3n) is 8.07. The molecule has 4 aromatic rings. The van der Waals surface area contributed by atoms with Crippen LogP contribution in [0.25, 0.3) is 5.69 Å². The number of aliphatic carboxylic acids is 1. The Kier molecular flexibility index (Phi) is 8.85. The van der Waals surface area contributed by atoms with Crippen LogP contribution in [0.2, 0.25) is 0 Å². The van der Waals surface area contributed by atoms with Gasteiger partial charge in [-0.15, -0.1) is 0 Å². The lowest BCUT2D eigenvalue weighted by atomic mass is 9.92. The zero-order valence-electron chi connectivity index (χ0n) is 24.4. The van der Waals surface area contributed by atoms with Crippen molar-refractivity contribution < 1.29 is 19.4 Å². The van der Waals surface area contributed by atoms with Gasteiger partial charge in [0, 0.05) is 50.2 Å². The van der Waals surface area contributed by atoms with Gasteiger partial charge in [0.15, 0.2) is 11.6 Å². The topological polar surface area (TPSA) is 147 Å². The van der Waals surface area contributed by atoms with Crippen molar-refractivity contribution >= 4 is 29.5 Å². The van der Waals surface area contributed by atoms with Crippen molar-refractivity contribution in [2.75, 3.05) is 41.7 Å². The van der Waals surface area contributed by atoms with Gasteiger partial charge in [-0.25, -0.2) is 24.5 Å². The third kappa shape index (κ3) is 6.74. The largest absolute Gasteiger partial charge is 0.480 e. The van der Waals surface area contributed by atoms with Crippen LogP contribution in [-0.2, 0) is 22.6 Å². The predicted molar refractivity (Wildman–Crippen MR) is 166 cm³/mol. The molecule has 3 aromatic heterocycles. The van der Waals surface area contributed by atoms with E-state index < -0.39 is 18.1 Å². The maximum absolute atomic E-state index is 12.4. The Balaban J connectivity index is 1.13. The van der Waals surface area contributed by atoms with Gasteiger partial charge in [0.05, 0.1) is 0 Å². The molecule has 1 amide bonds. The number of hydrogen-bond acceptors (Lipinski definition) is 9. The minimum Gasteiger partial charge on any atom is -0.480 e. The molecule has 1 saturated heterocycles. The number of aryl methyl sites for hydroxylation is 1. The summed E-state index contributed by atoms with van der Waals surface area (Å²) in [5.41, 5.74) is 3.93. The Morgan fingerprint density at radius 2 is 1.84 bits per heavy atom. The summed E-state index contributed by atoms with van der Waals surface area (Å²) in [4.78, 5) is 40.7. The minimum absolute atomic E-state index is 0.0373. The number of nitrogens with one attached hydrogen (secondary N) is 3. The van der Waals surface area contributed by atoms with Gasteiger partial charge in [-0.3, -0.25) is 0 Å². The summed E-state index contributed by atoms with van der Waals surface area (Å²) < 4.78 is 7.14. The fourth-order valence-electron chi connectivity index (χ4n) is 5.72. The van der Waals surface area contributed by atoms with Gasteiger partial charge in [0.1, 0.15) is 30.5 Å². The number of piperidine rings is 1. The Morgan fingerprint density at radius 3 is 2.61 bits per heavy atom. The molecule has 2 aliphatic heterocycles. The number of aromatic nitrogens is 4. The number of fused-ring (bicyclic) bond motifs is 1. The number of carbonyl (C=O) groups is 2. The molecule has 0 saturated carbocycles. The first-order chi connectivity index (χ1) is 21.5. The molecule has 1 atom stereocenters. The first kappa shape index (κ1) is 29.0. The van der Waals surface area contributed by atoms with E-state index in [2.05, 4.69) is 43.0 Å². The smallest absolute Gasteiger partial charge is 0.408 e. The maximum atomic E-state index is 12.4. The van der Waals surface area contributed by atoms with Gasteiger partial charge >= 0.3 is 12.1 Å². The van der Waals surface area contributed by atoms with Crippen LogP contribution in [0.1, 0.15) is 42.0 Å². The average molecular weight is 597 g/mol. The number of anilines is 3. The van der Waals surface area contributed by atoms with E-state index in [1.54, 1.807) is 0 Å². The van der Waals surface area contributed by atoms with Crippen LogP contribution in [0, 0.1) is 0 Å². The summed E-state index contributed by atoms with van der Waals surface area (Å²) in [5, 5.41) is 18.8. The summed E-state index contributed by atoms with van der Waals surface area (Å²) in [6.45, 7) is 2.47. The normalized spacial score (nSPS) is 15.5. The monoisotopic (exact) mass is 596 g/mol. The van der Waals surface area contributed by atoms with E-state index in [0.29, 0.717) is 17.4 Å².